The van der Waals surface area contributed by atoms with Gasteiger partial charge in [-0.05, 0) is 48.1 Å². The van der Waals surface area contributed by atoms with E-state index < -0.39 is 5.97 Å². The van der Waals surface area contributed by atoms with Crippen LogP contribution in [0.15, 0.2) is 29.1 Å². The fraction of sp³-hybridized carbons (Fsp3) is 0.565. The lowest BCUT2D eigenvalue weighted by molar-refractivity contribution is -0.149. The smallest absolute Gasteiger partial charge is 0.306 e. The van der Waals surface area contributed by atoms with Gasteiger partial charge < -0.3 is 15.0 Å². The summed E-state index contributed by atoms with van der Waals surface area (Å²) in [6.45, 7) is 6.57. The summed E-state index contributed by atoms with van der Waals surface area (Å²) in [5, 5.41) is 3.60. The minimum Gasteiger partial charge on any atom is -0.456 e. The predicted octanol–water partition coefficient (Wildman–Crippen LogP) is 2.73. The van der Waals surface area contributed by atoms with E-state index in [2.05, 4.69) is 36.1 Å². The number of rotatable bonds is 6. The van der Waals surface area contributed by atoms with Gasteiger partial charge in [0.25, 0.3) is 11.5 Å². The van der Waals surface area contributed by atoms with Crippen LogP contribution in [0.3, 0.4) is 0 Å². The van der Waals surface area contributed by atoms with Crippen molar-refractivity contribution in [3.8, 4) is 0 Å². The molecule has 2 aliphatic carbocycles. The summed E-state index contributed by atoms with van der Waals surface area (Å²) in [6.07, 6.45) is 3.62. The van der Waals surface area contributed by atoms with Gasteiger partial charge in [0.05, 0.1) is 17.3 Å². The van der Waals surface area contributed by atoms with E-state index in [9.17, 15) is 14.4 Å². The number of hydrogen-bond acceptors (Lipinski definition) is 5. The molecular formula is C23H29N3O4. The van der Waals surface area contributed by atoms with Crippen molar-refractivity contribution in [2.45, 2.75) is 58.9 Å². The fourth-order valence-corrected chi connectivity index (χ4v) is 5.35. The highest BCUT2D eigenvalue weighted by Crippen LogP contribution is 2.65. The highest BCUT2D eigenvalue weighted by atomic mass is 16.5. The van der Waals surface area contributed by atoms with Crippen LogP contribution in [0.4, 0.5) is 0 Å². The van der Waals surface area contributed by atoms with Crippen molar-refractivity contribution in [2.75, 3.05) is 6.61 Å². The molecule has 1 heterocycles. The largest absolute Gasteiger partial charge is 0.456 e. The molecule has 4 rings (SSSR count). The second kappa shape index (κ2) is 7.52. The van der Waals surface area contributed by atoms with Gasteiger partial charge in [0.2, 0.25) is 0 Å². The Bertz CT molecular complexity index is 1040. The molecule has 30 heavy (non-hydrogen) atoms. The van der Waals surface area contributed by atoms with Gasteiger partial charge in [0, 0.05) is 12.5 Å². The minimum atomic E-state index is -0.486. The Balaban J connectivity index is 1.26. The van der Waals surface area contributed by atoms with Gasteiger partial charge in [0.15, 0.2) is 6.61 Å². The molecule has 3 unspecified atom stereocenters. The van der Waals surface area contributed by atoms with Crippen LogP contribution in [0.25, 0.3) is 10.9 Å². The van der Waals surface area contributed by atoms with Crippen LogP contribution in [-0.2, 0) is 20.7 Å². The molecule has 7 nitrogen and oxygen atoms in total. The average molecular weight is 412 g/mol. The highest BCUT2D eigenvalue weighted by Gasteiger charge is 2.61. The zero-order chi connectivity index (χ0) is 21.5. The molecule has 1 aromatic heterocycles. The van der Waals surface area contributed by atoms with Crippen LogP contribution in [0.5, 0.6) is 0 Å². The number of amides is 1. The maximum absolute atomic E-state index is 12.4. The number of benzene rings is 1. The van der Waals surface area contributed by atoms with Crippen molar-refractivity contribution >= 4 is 22.8 Å². The lowest BCUT2D eigenvalue weighted by atomic mass is 9.69. The molecule has 0 saturated heterocycles. The van der Waals surface area contributed by atoms with Crippen molar-refractivity contribution in [3.05, 3.63) is 40.4 Å². The summed E-state index contributed by atoms with van der Waals surface area (Å²) in [7, 11) is 0. The summed E-state index contributed by atoms with van der Waals surface area (Å²) in [5.74, 6) is 0.319. The summed E-state index contributed by atoms with van der Waals surface area (Å²) in [4.78, 5) is 43.6. The third kappa shape index (κ3) is 3.50. The van der Waals surface area contributed by atoms with Crippen LogP contribution in [0, 0.1) is 16.7 Å². The van der Waals surface area contributed by atoms with Crippen molar-refractivity contribution < 1.29 is 14.3 Å². The number of esters is 1. The van der Waals surface area contributed by atoms with Crippen LogP contribution in [0.1, 0.15) is 52.3 Å². The molecule has 160 valence electrons. The molecule has 0 radical (unpaired) electrons. The second-order valence-corrected chi connectivity index (χ2v) is 9.42. The van der Waals surface area contributed by atoms with E-state index in [1.165, 1.54) is 6.42 Å². The first-order valence-corrected chi connectivity index (χ1v) is 10.6. The highest BCUT2D eigenvalue weighted by molar-refractivity contribution is 5.81. The van der Waals surface area contributed by atoms with E-state index in [-0.39, 0.29) is 47.8 Å². The van der Waals surface area contributed by atoms with Gasteiger partial charge in [-0.1, -0.05) is 32.9 Å². The minimum absolute atomic E-state index is 0.0464. The number of hydrogen-bond donors (Lipinski definition) is 2. The van der Waals surface area contributed by atoms with E-state index in [0.29, 0.717) is 22.6 Å². The number of carbonyl (C=O) groups excluding carboxylic acids is 2. The van der Waals surface area contributed by atoms with Crippen LogP contribution < -0.4 is 10.9 Å². The monoisotopic (exact) mass is 411 g/mol. The number of ether oxygens (including phenoxy) is 1. The second-order valence-electron chi connectivity index (χ2n) is 9.42. The first-order valence-electron chi connectivity index (χ1n) is 10.6. The Hall–Kier alpha value is -2.70. The first-order chi connectivity index (χ1) is 14.2. The molecule has 2 saturated carbocycles. The van der Waals surface area contributed by atoms with Gasteiger partial charge in [0.1, 0.15) is 5.82 Å². The molecule has 7 heteroatoms. The fourth-order valence-electron chi connectivity index (χ4n) is 5.35. The Morgan fingerprint density at radius 1 is 1.27 bits per heavy atom. The van der Waals surface area contributed by atoms with E-state index in [1.807, 2.05) is 6.07 Å². The molecule has 2 aliphatic rings. The van der Waals surface area contributed by atoms with Gasteiger partial charge in [-0.2, -0.15) is 0 Å². The maximum atomic E-state index is 12.4. The zero-order valence-electron chi connectivity index (χ0n) is 17.8. The van der Waals surface area contributed by atoms with Crippen molar-refractivity contribution in [3.63, 3.8) is 0 Å². The van der Waals surface area contributed by atoms with Crippen LogP contribution >= 0.6 is 0 Å². The number of aryl methyl sites for hydroxylation is 1. The van der Waals surface area contributed by atoms with E-state index >= 15 is 0 Å². The number of H-pyrrole nitrogens is 1. The van der Waals surface area contributed by atoms with E-state index in [4.69, 9.17) is 4.74 Å². The number of aromatic nitrogens is 2. The number of nitrogens with one attached hydrogen (secondary N) is 2. The van der Waals surface area contributed by atoms with Crippen LogP contribution in [-0.4, -0.2) is 34.5 Å². The maximum Gasteiger partial charge on any atom is 0.306 e. The lowest BCUT2D eigenvalue weighted by Crippen LogP contribution is -2.48. The molecule has 1 aromatic carbocycles. The third-order valence-electron chi connectivity index (χ3n) is 7.72. The normalized spacial score (nSPS) is 26.6. The first kappa shape index (κ1) is 20.6. The van der Waals surface area contributed by atoms with Crippen molar-refractivity contribution in [2.24, 2.45) is 16.7 Å². The van der Waals surface area contributed by atoms with Crippen molar-refractivity contribution in [1.29, 1.82) is 0 Å². The Kier molecular flexibility index (Phi) is 5.16. The Labute approximate surface area is 175 Å². The standard InChI is InChI=1S/C23H29N3O4/c1-22(2)14-10-11-23(22,3)17(12-14)25-19(27)13-30-20(28)9-8-18-24-16-7-5-4-6-15(16)21(29)26-18/h4-7,14,17H,8-13H2,1-3H3,(H,25,27)(H,24,26,29). The quantitative estimate of drug-likeness (QED) is 0.712. The van der Waals surface area contributed by atoms with Crippen LogP contribution in [0.2, 0.25) is 0 Å². The molecule has 2 bridgehead atoms. The summed E-state index contributed by atoms with van der Waals surface area (Å²) >= 11 is 0. The molecule has 2 fully saturated rings. The number of fused-ring (bicyclic) bond motifs is 3. The van der Waals surface area contributed by atoms with E-state index in [1.54, 1.807) is 18.2 Å². The lowest BCUT2D eigenvalue weighted by Gasteiger charge is -2.39. The molecule has 1 amide bonds. The van der Waals surface area contributed by atoms with Gasteiger partial charge in [-0.25, -0.2) is 4.98 Å². The average Bonchev–Trinajstić information content (AvgIpc) is 3.04. The number of carbonyl (C=O) groups is 2. The Morgan fingerprint density at radius 2 is 2.03 bits per heavy atom. The molecular weight excluding hydrogens is 382 g/mol. The summed E-state index contributed by atoms with van der Waals surface area (Å²) in [5.41, 5.74) is 0.660. The topological polar surface area (TPSA) is 101 Å². The number of aromatic amines is 1. The molecule has 0 aliphatic heterocycles. The molecule has 2 N–H and O–H groups in total. The Morgan fingerprint density at radius 3 is 2.73 bits per heavy atom. The molecule has 3 atom stereocenters. The molecule has 2 aromatic rings. The van der Waals surface area contributed by atoms with Gasteiger partial charge in [-0.15, -0.1) is 0 Å². The number of para-hydroxylation sites is 1. The third-order valence-corrected chi connectivity index (χ3v) is 7.72. The zero-order valence-corrected chi connectivity index (χ0v) is 17.8. The molecule has 0 spiro atoms. The van der Waals surface area contributed by atoms with Crippen molar-refractivity contribution in [1.82, 2.24) is 15.3 Å². The van der Waals surface area contributed by atoms with E-state index in [0.717, 1.165) is 12.8 Å². The van der Waals surface area contributed by atoms with Gasteiger partial charge in [-0.3, -0.25) is 14.4 Å². The summed E-state index contributed by atoms with van der Waals surface area (Å²) < 4.78 is 5.15. The summed E-state index contributed by atoms with van der Waals surface area (Å²) in [6, 6.07) is 7.18. The SMILES string of the molecule is CC1(C)C2CCC1(C)C(NC(=O)COC(=O)CCc1nc3ccccc3c(=O)[nH]1)C2. The van der Waals surface area contributed by atoms with Gasteiger partial charge >= 0.3 is 5.97 Å². The predicted molar refractivity (Wildman–Crippen MR) is 113 cm³/mol. The number of nitrogens with zero attached hydrogens (tertiary/aromatic N) is 1.